The standard InChI is InChI=1S/C25H31N7O/c1-3-5-6-7-8-13-23-28-32(4-2)25(33)31(23)18-19-14-16-20(17-15-19)21-11-9-10-12-22(21)24-26-29-30-27-24/h9-12,14-17H,3-8,13,18H2,1-2H3,(H,26,27,29,30). The van der Waals surface area contributed by atoms with Gasteiger partial charge in [0.15, 0.2) is 0 Å². The number of hydrogen-bond donors (Lipinski definition) is 1. The summed E-state index contributed by atoms with van der Waals surface area (Å²) in [6.07, 6.45) is 6.80. The van der Waals surface area contributed by atoms with E-state index in [9.17, 15) is 4.79 Å². The van der Waals surface area contributed by atoms with Crippen molar-refractivity contribution in [3.63, 3.8) is 0 Å². The molecule has 0 saturated heterocycles. The molecule has 0 saturated carbocycles. The SMILES string of the molecule is CCCCCCCc1nn(CC)c(=O)n1Cc1ccc(-c2ccccc2-c2nn[nH]n2)cc1. The number of aromatic nitrogens is 7. The minimum absolute atomic E-state index is 0.0346. The highest BCUT2D eigenvalue weighted by Crippen LogP contribution is 2.29. The van der Waals surface area contributed by atoms with Crippen molar-refractivity contribution < 1.29 is 0 Å². The molecule has 0 atom stereocenters. The van der Waals surface area contributed by atoms with E-state index in [0.29, 0.717) is 18.9 Å². The zero-order valence-corrected chi connectivity index (χ0v) is 19.4. The molecule has 8 nitrogen and oxygen atoms in total. The van der Waals surface area contributed by atoms with Crippen LogP contribution in [0.25, 0.3) is 22.5 Å². The summed E-state index contributed by atoms with van der Waals surface area (Å²) in [5, 5.41) is 19.0. The smallest absolute Gasteiger partial charge is 0.274 e. The minimum atomic E-state index is -0.0346. The van der Waals surface area contributed by atoms with Crippen molar-refractivity contribution in [3.8, 4) is 22.5 Å². The van der Waals surface area contributed by atoms with Crippen molar-refractivity contribution in [2.75, 3.05) is 0 Å². The molecule has 0 spiro atoms. The number of benzene rings is 2. The number of nitrogens with zero attached hydrogens (tertiary/aromatic N) is 6. The number of aryl methyl sites for hydroxylation is 2. The second-order valence-electron chi connectivity index (χ2n) is 8.24. The van der Waals surface area contributed by atoms with Crippen LogP contribution < -0.4 is 5.69 Å². The van der Waals surface area contributed by atoms with E-state index in [1.165, 1.54) is 25.7 Å². The molecule has 4 rings (SSSR count). The molecule has 1 N–H and O–H groups in total. The lowest BCUT2D eigenvalue weighted by Crippen LogP contribution is -2.25. The van der Waals surface area contributed by atoms with Crippen LogP contribution >= 0.6 is 0 Å². The molecule has 4 aromatic rings. The van der Waals surface area contributed by atoms with Gasteiger partial charge in [0.25, 0.3) is 0 Å². The highest BCUT2D eigenvalue weighted by Gasteiger charge is 2.14. The topological polar surface area (TPSA) is 94.3 Å². The second kappa shape index (κ2) is 10.8. The molecule has 0 aliphatic rings. The minimum Gasteiger partial charge on any atom is -0.274 e. The van der Waals surface area contributed by atoms with Crippen LogP contribution in [0.2, 0.25) is 0 Å². The van der Waals surface area contributed by atoms with E-state index >= 15 is 0 Å². The van der Waals surface area contributed by atoms with Gasteiger partial charge in [-0.3, -0.25) is 4.57 Å². The number of tetrazole rings is 1. The normalized spacial score (nSPS) is 11.2. The molecule has 0 aliphatic carbocycles. The van der Waals surface area contributed by atoms with E-state index in [2.05, 4.69) is 56.9 Å². The van der Waals surface area contributed by atoms with Crippen LogP contribution in [0.4, 0.5) is 0 Å². The highest BCUT2D eigenvalue weighted by molar-refractivity contribution is 5.80. The largest absolute Gasteiger partial charge is 0.346 e. The summed E-state index contributed by atoms with van der Waals surface area (Å²) in [5.74, 6) is 1.45. The fourth-order valence-electron chi connectivity index (χ4n) is 4.10. The predicted octanol–water partition coefficient (Wildman–Crippen LogP) is 4.47. The van der Waals surface area contributed by atoms with Crippen molar-refractivity contribution >= 4 is 0 Å². The fraction of sp³-hybridized carbons (Fsp3) is 0.400. The van der Waals surface area contributed by atoms with E-state index in [4.69, 9.17) is 0 Å². The zero-order chi connectivity index (χ0) is 23.0. The Hall–Kier alpha value is -3.55. The van der Waals surface area contributed by atoms with Gasteiger partial charge in [0, 0.05) is 18.5 Å². The maximum absolute atomic E-state index is 12.9. The van der Waals surface area contributed by atoms with Crippen LogP contribution in [0.1, 0.15) is 57.3 Å². The van der Waals surface area contributed by atoms with E-state index in [1.807, 2.05) is 35.8 Å². The third-order valence-corrected chi connectivity index (χ3v) is 5.92. The lowest BCUT2D eigenvalue weighted by Gasteiger charge is -2.09. The van der Waals surface area contributed by atoms with E-state index in [-0.39, 0.29) is 5.69 Å². The molecule has 0 bridgehead atoms. The van der Waals surface area contributed by atoms with Crippen LogP contribution in [-0.2, 0) is 19.5 Å². The molecule has 2 aromatic heterocycles. The number of H-pyrrole nitrogens is 1. The van der Waals surface area contributed by atoms with Gasteiger partial charge in [0.2, 0.25) is 5.82 Å². The van der Waals surface area contributed by atoms with Gasteiger partial charge in [0.05, 0.1) is 6.54 Å². The van der Waals surface area contributed by atoms with Crippen molar-refractivity contribution in [2.45, 2.75) is 65.5 Å². The van der Waals surface area contributed by atoms with Crippen LogP contribution in [0.15, 0.2) is 53.3 Å². The summed E-state index contributed by atoms with van der Waals surface area (Å²) in [6.45, 7) is 5.28. The first-order valence-electron chi connectivity index (χ1n) is 11.8. The van der Waals surface area contributed by atoms with Crippen LogP contribution in [0, 0.1) is 0 Å². The molecule has 2 heterocycles. The lowest BCUT2D eigenvalue weighted by atomic mass is 9.98. The quantitative estimate of drug-likeness (QED) is 0.344. The molecule has 0 aliphatic heterocycles. The first-order valence-corrected chi connectivity index (χ1v) is 11.8. The summed E-state index contributed by atoms with van der Waals surface area (Å²) in [6, 6.07) is 16.3. The van der Waals surface area contributed by atoms with E-state index in [1.54, 1.807) is 4.68 Å². The van der Waals surface area contributed by atoms with Crippen molar-refractivity contribution in [2.24, 2.45) is 0 Å². The maximum Gasteiger partial charge on any atom is 0.346 e. The third kappa shape index (κ3) is 5.27. The van der Waals surface area contributed by atoms with Crippen molar-refractivity contribution in [1.82, 2.24) is 35.0 Å². The summed E-state index contributed by atoms with van der Waals surface area (Å²) in [5.41, 5.74) is 4.05. The summed E-state index contributed by atoms with van der Waals surface area (Å²) in [4.78, 5) is 12.9. The Bertz CT molecular complexity index is 1210. The van der Waals surface area contributed by atoms with Crippen LogP contribution in [0.5, 0.6) is 0 Å². The molecule has 0 fully saturated rings. The Balaban J connectivity index is 1.53. The molecule has 0 amide bonds. The average Bonchev–Trinajstić information content (AvgIpc) is 3.49. The summed E-state index contributed by atoms with van der Waals surface area (Å²) >= 11 is 0. The van der Waals surface area contributed by atoms with Gasteiger partial charge in [-0.2, -0.15) is 10.3 Å². The molecule has 0 radical (unpaired) electrons. The first-order chi connectivity index (χ1) is 16.2. The van der Waals surface area contributed by atoms with Gasteiger partial charge >= 0.3 is 5.69 Å². The number of aromatic amines is 1. The molecule has 2 aromatic carbocycles. The monoisotopic (exact) mass is 445 g/mol. The van der Waals surface area contributed by atoms with Crippen molar-refractivity contribution in [1.29, 1.82) is 0 Å². The Morgan fingerprint density at radius 3 is 2.36 bits per heavy atom. The van der Waals surface area contributed by atoms with Gasteiger partial charge < -0.3 is 0 Å². The number of unbranched alkanes of at least 4 members (excludes halogenated alkanes) is 4. The van der Waals surface area contributed by atoms with Gasteiger partial charge in [-0.25, -0.2) is 9.48 Å². The molecule has 172 valence electrons. The summed E-state index contributed by atoms with van der Waals surface area (Å²) < 4.78 is 3.39. The number of rotatable bonds is 11. The Morgan fingerprint density at radius 1 is 0.909 bits per heavy atom. The molecule has 0 unspecified atom stereocenters. The van der Waals surface area contributed by atoms with Gasteiger partial charge in [-0.05, 0) is 35.2 Å². The van der Waals surface area contributed by atoms with Crippen LogP contribution in [0.3, 0.4) is 0 Å². The predicted molar refractivity (Wildman–Crippen MR) is 129 cm³/mol. The number of hydrogen-bond acceptors (Lipinski definition) is 5. The Kier molecular flexibility index (Phi) is 7.44. The van der Waals surface area contributed by atoms with Crippen LogP contribution in [-0.4, -0.2) is 35.0 Å². The molecular weight excluding hydrogens is 414 g/mol. The highest BCUT2D eigenvalue weighted by atomic mass is 16.2. The van der Waals surface area contributed by atoms with Gasteiger partial charge in [-0.1, -0.05) is 81.1 Å². The van der Waals surface area contributed by atoms with Crippen molar-refractivity contribution in [3.05, 3.63) is 70.4 Å². The summed E-state index contributed by atoms with van der Waals surface area (Å²) in [7, 11) is 0. The maximum atomic E-state index is 12.9. The molecular formula is C25H31N7O. The van der Waals surface area contributed by atoms with E-state index in [0.717, 1.165) is 40.9 Å². The average molecular weight is 446 g/mol. The first kappa shape index (κ1) is 22.6. The van der Waals surface area contributed by atoms with Gasteiger partial charge in [-0.15, -0.1) is 10.2 Å². The fourth-order valence-corrected chi connectivity index (χ4v) is 4.10. The molecule has 33 heavy (non-hydrogen) atoms. The second-order valence-corrected chi connectivity index (χ2v) is 8.24. The lowest BCUT2D eigenvalue weighted by molar-refractivity contribution is 0.600. The zero-order valence-electron chi connectivity index (χ0n) is 19.4. The number of nitrogens with one attached hydrogen (secondary N) is 1. The van der Waals surface area contributed by atoms with E-state index < -0.39 is 0 Å². The third-order valence-electron chi connectivity index (χ3n) is 5.92. The molecule has 8 heteroatoms. The Labute approximate surface area is 193 Å². The van der Waals surface area contributed by atoms with Gasteiger partial charge in [0.1, 0.15) is 5.82 Å². The Morgan fingerprint density at radius 2 is 1.67 bits per heavy atom.